The lowest BCUT2D eigenvalue weighted by molar-refractivity contribution is 0.103. The Morgan fingerprint density at radius 1 is 1.30 bits per heavy atom. The van der Waals surface area contributed by atoms with Gasteiger partial charge in [-0.1, -0.05) is 35.1 Å². The minimum atomic E-state index is -0.287. The molecule has 1 fully saturated rings. The number of benzene rings is 1. The average Bonchev–Trinajstić information content (AvgIpc) is 3.25. The summed E-state index contributed by atoms with van der Waals surface area (Å²) < 4.78 is 0. The molecule has 1 aromatic carbocycles. The minimum absolute atomic E-state index is 0.185. The number of anilines is 2. The zero-order chi connectivity index (χ0) is 23.4. The summed E-state index contributed by atoms with van der Waals surface area (Å²) in [6.45, 7) is 8.29. The molecule has 0 bridgehead atoms. The quantitative estimate of drug-likeness (QED) is 0.473. The third-order valence-corrected chi connectivity index (χ3v) is 6.79. The van der Waals surface area contributed by atoms with E-state index in [1.807, 2.05) is 32.1 Å². The molecule has 2 aliphatic rings. The SMILES string of the molecule is CC1=NC(Nc2ncc(C(=O)Nc3c(C)cccc3Cl)s2)C=C(N2CCN(CCO)CC2)N1. The van der Waals surface area contributed by atoms with Crippen molar-refractivity contribution in [3.05, 3.63) is 51.8 Å². The minimum Gasteiger partial charge on any atom is -0.395 e. The molecule has 2 aliphatic heterocycles. The number of carbonyl (C=O) groups excluding carboxylic acids is 1. The van der Waals surface area contributed by atoms with E-state index in [1.165, 1.54) is 11.3 Å². The van der Waals surface area contributed by atoms with Crippen LogP contribution in [-0.4, -0.2) is 77.1 Å². The fraction of sp³-hybridized carbons (Fsp3) is 0.409. The smallest absolute Gasteiger partial charge is 0.267 e. The molecule has 4 N–H and O–H groups in total. The van der Waals surface area contributed by atoms with Gasteiger partial charge in [0, 0.05) is 38.8 Å². The first-order valence-electron chi connectivity index (χ1n) is 10.8. The van der Waals surface area contributed by atoms with E-state index in [-0.39, 0.29) is 18.7 Å². The number of nitrogens with zero attached hydrogens (tertiary/aromatic N) is 4. The molecule has 11 heteroatoms. The Balaban J connectivity index is 1.39. The maximum atomic E-state index is 12.7. The Morgan fingerprint density at radius 3 is 2.82 bits per heavy atom. The summed E-state index contributed by atoms with van der Waals surface area (Å²) in [5.74, 6) is 1.57. The molecule has 176 valence electrons. The predicted molar refractivity (Wildman–Crippen MR) is 133 cm³/mol. The summed E-state index contributed by atoms with van der Waals surface area (Å²) >= 11 is 7.50. The van der Waals surface area contributed by atoms with Crippen LogP contribution in [0.3, 0.4) is 0 Å². The number of nitrogens with one attached hydrogen (secondary N) is 3. The fourth-order valence-electron chi connectivity index (χ4n) is 3.80. The maximum Gasteiger partial charge on any atom is 0.267 e. The number of carbonyl (C=O) groups is 1. The Hall–Kier alpha value is -2.66. The normalized spacial score (nSPS) is 18.9. The summed E-state index contributed by atoms with van der Waals surface area (Å²) in [6, 6.07) is 5.49. The van der Waals surface area contributed by atoms with Crippen LogP contribution in [0, 0.1) is 6.92 Å². The molecule has 0 aliphatic carbocycles. The number of thiazole rings is 1. The molecule has 1 atom stereocenters. The number of rotatable bonds is 7. The number of aryl methyl sites for hydroxylation is 1. The van der Waals surface area contributed by atoms with Crippen LogP contribution in [0.1, 0.15) is 22.2 Å². The van der Waals surface area contributed by atoms with Crippen molar-refractivity contribution in [1.82, 2.24) is 20.1 Å². The lowest BCUT2D eigenvalue weighted by atomic mass is 10.2. The molecule has 4 rings (SSSR count). The topological polar surface area (TPSA) is 105 Å². The average molecular weight is 490 g/mol. The van der Waals surface area contributed by atoms with Gasteiger partial charge in [-0.2, -0.15) is 0 Å². The van der Waals surface area contributed by atoms with Crippen molar-refractivity contribution >= 4 is 45.5 Å². The lowest BCUT2D eigenvalue weighted by Gasteiger charge is -2.38. The van der Waals surface area contributed by atoms with Crippen LogP contribution in [0.5, 0.6) is 0 Å². The molecule has 0 spiro atoms. The number of halogens is 1. The predicted octanol–water partition coefficient (Wildman–Crippen LogP) is 2.57. The van der Waals surface area contributed by atoms with Crippen LogP contribution < -0.4 is 16.0 Å². The highest BCUT2D eigenvalue weighted by molar-refractivity contribution is 7.17. The Kier molecular flexibility index (Phi) is 7.49. The zero-order valence-corrected chi connectivity index (χ0v) is 20.2. The summed E-state index contributed by atoms with van der Waals surface area (Å²) in [4.78, 5) is 26.7. The van der Waals surface area contributed by atoms with Gasteiger partial charge in [-0.3, -0.25) is 9.69 Å². The van der Waals surface area contributed by atoms with Crippen LogP contribution in [0.4, 0.5) is 10.8 Å². The maximum absolute atomic E-state index is 12.7. The van der Waals surface area contributed by atoms with Crippen molar-refractivity contribution in [2.75, 3.05) is 50.0 Å². The van der Waals surface area contributed by atoms with Crippen molar-refractivity contribution < 1.29 is 9.90 Å². The van der Waals surface area contributed by atoms with Gasteiger partial charge in [0.25, 0.3) is 5.91 Å². The molecule has 33 heavy (non-hydrogen) atoms. The standard InChI is InChI=1S/C22H28ClN7O2S/c1-14-4-3-5-16(23)20(14)28-21(32)17-13-24-22(33-17)27-18-12-19(26-15(2)25-18)30-8-6-29(7-9-30)10-11-31/h3-5,12-13,18,31H,6-11H2,1-2H3,(H,24,27)(H,25,26)(H,28,32). The molecule has 1 unspecified atom stereocenters. The van der Waals surface area contributed by atoms with Crippen molar-refractivity contribution in [3.63, 3.8) is 0 Å². The van der Waals surface area contributed by atoms with Crippen LogP contribution in [0.15, 0.2) is 41.3 Å². The van der Waals surface area contributed by atoms with Gasteiger partial charge in [-0.15, -0.1) is 0 Å². The van der Waals surface area contributed by atoms with Crippen LogP contribution in [0.25, 0.3) is 0 Å². The molecular weight excluding hydrogens is 462 g/mol. The fourth-order valence-corrected chi connectivity index (χ4v) is 4.82. The van der Waals surface area contributed by atoms with E-state index < -0.39 is 0 Å². The van der Waals surface area contributed by atoms with Gasteiger partial charge in [0.15, 0.2) is 5.13 Å². The first-order valence-corrected chi connectivity index (χ1v) is 12.0. The second-order valence-corrected chi connectivity index (χ2v) is 9.39. The lowest BCUT2D eigenvalue weighted by Crippen LogP contribution is -2.50. The summed E-state index contributed by atoms with van der Waals surface area (Å²) in [5, 5.41) is 19.8. The van der Waals surface area contributed by atoms with E-state index >= 15 is 0 Å². The summed E-state index contributed by atoms with van der Waals surface area (Å²) in [6.07, 6.45) is 3.30. The molecule has 0 radical (unpaired) electrons. The highest BCUT2D eigenvalue weighted by atomic mass is 35.5. The first-order chi connectivity index (χ1) is 15.9. The van der Waals surface area contributed by atoms with Gasteiger partial charge in [0.2, 0.25) is 0 Å². The third-order valence-electron chi connectivity index (χ3n) is 5.55. The largest absolute Gasteiger partial charge is 0.395 e. The van der Waals surface area contributed by atoms with Crippen molar-refractivity contribution in [2.24, 2.45) is 4.99 Å². The van der Waals surface area contributed by atoms with E-state index in [2.05, 4.69) is 35.7 Å². The van der Waals surface area contributed by atoms with Crippen LogP contribution >= 0.6 is 22.9 Å². The Bertz CT molecular complexity index is 1040. The number of hydrogen-bond acceptors (Lipinski definition) is 9. The summed E-state index contributed by atoms with van der Waals surface area (Å²) in [7, 11) is 0. The van der Waals surface area contributed by atoms with Gasteiger partial charge in [0.05, 0.1) is 23.5 Å². The van der Waals surface area contributed by atoms with Crippen LogP contribution in [-0.2, 0) is 0 Å². The second-order valence-electron chi connectivity index (χ2n) is 7.95. The number of aliphatic hydroxyl groups excluding tert-OH is 1. The van der Waals surface area contributed by atoms with Gasteiger partial charge < -0.3 is 26.0 Å². The van der Waals surface area contributed by atoms with Crippen LogP contribution in [0.2, 0.25) is 5.02 Å². The van der Waals surface area contributed by atoms with Crippen molar-refractivity contribution in [3.8, 4) is 0 Å². The molecule has 1 saturated heterocycles. The number of aromatic nitrogens is 1. The van der Waals surface area contributed by atoms with Gasteiger partial charge >= 0.3 is 0 Å². The van der Waals surface area contributed by atoms with E-state index in [0.29, 0.717) is 27.3 Å². The number of β-amino-alcohol motifs (C(OH)–C–C–N with tert-alkyl or cyclic N) is 1. The molecule has 1 aromatic heterocycles. The van der Waals surface area contributed by atoms with E-state index in [0.717, 1.165) is 43.4 Å². The molecule has 1 amide bonds. The van der Waals surface area contributed by atoms with E-state index in [4.69, 9.17) is 16.7 Å². The Morgan fingerprint density at radius 2 is 2.09 bits per heavy atom. The molecule has 9 nitrogen and oxygen atoms in total. The van der Waals surface area contributed by atoms with Gasteiger partial charge in [-0.25, -0.2) is 9.98 Å². The highest BCUT2D eigenvalue weighted by Crippen LogP contribution is 2.27. The van der Waals surface area contributed by atoms with E-state index in [9.17, 15) is 4.79 Å². The van der Waals surface area contributed by atoms with Gasteiger partial charge in [-0.05, 0) is 25.5 Å². The van der Waals surface area contributed by atoms with Crippen molar-refractivity contribution in [1.29, 1.82) is 0 Å². The molecule has 3 heterocycles. The molecular formula is C22H28ClN7O2S. The van der Waals surface area contributed by atoms with Gasteiger partial charge in [0.1, 0.15) is 22.7 Å². The number of piperazine rings is 1. The second kappa shape index (κ2) is 10.5. The molecule has 2 aromatic rings. The monoisotopic (exact) mass is 489 g/mol. The van der Waals surface area contributed by atoms with Crippen molar-refractivity contribution in [2.45, 2.75) is 20.0 Å². The summed E-state index contributed by atoms with van der Waals surface area (Å²) in [5.41, 5.74) is 1.51. The number of hydrogen-bond donors (Lipinski definition) is 4. The molecule has 0 saturated carbocycles. The Labute approximate surface area is 202 Å². The first kappa shape index (κ1) is 23.5. The number of para-hydroxylation sites is 1. The van der Waals surface area contributed by atoms with E-state index in [1.54, 1.807) is 12.3 Å². The highest BCUT2D eigenvalue weighted by Gasteiger charge is 2.23. The number of amidine groups is 1. The number of aliphatic imine (C=N–C) groups is 1. The number of amides is 1. The third kappa shape index (κ3) is 5.83. The zero-order valence-electron chi connectivity index (χ0n) is 18.6. The number of aliphatic hydroxyl groups is 1.